The lowest BCUT2D eigenvalue weighted by Gasteiger charge is -2.07. The van der Waals surface area contributed by atoms with Crippen molar-refractivity contribution in [3.63, 3.8) is 0 Å². The van der Waals surface area contributed by atoms with Crippen molar-refractivity contribution in [2.24, 2.45) is 0 Å². The van der Waals surface area contributed by atoms with Gasteiger partial charge in [-0.05, 0) is 13.3 Å². The first-order valence-electron chi connectivity index (χ1n) is 4.55. The SMILES string of the molecule is CCCOC(=O)[C@@H](C)Sc1nnc(N)s1. The monoisotopic (exact) mass is 247 g/mol. The number of carbonyl (C=O) groups is 1. The molecule has 0 aliphatic carbocycles. The number of carbonyl (C=O) groups excluding carboxylic acids is 1. The van der Waals surface area contributed by atoms with E-state index in [-0.39, 0.29) is 11.2 Å². The van der Waals surface area contributed by atoms with Crippen LogP contribution in [0.5, 0.6) is 0 Å². The number of aromatic nitrogens is 2. The van der Waals surface area contributed by atoms with E-state index in [1.807, 2.05) is 6.92 Å². The van der Waals surface area contributed by atoms with Gasteiger partial charge in [0.1, 0.15) is 5.25 Å². The summed E-state index contributed by atoms with van der Waals surface area (Å²) >= 11 is 2.58. The van der Waals surface area contributed by atoms with Crippen molar-refractivity contribution in [3.05, 3.63) is 0 Å². The zero-order valence-corrected chi connectivity index (χ0v) is 10.2. The molecule has 0 amide bonds. The lowest BCUT2D eigenvalue weighted by atomic mass is 10.5. The Labute approximate surface area is 96.4 Å². The summed E-state index contributed by atoms with van der Waals surface area (Å²) in [7, 11) is 0. The molecule has 0 saturated heterocycles. The van der Waals surface area contributed by atoms with E-state index in [9.17, 15) is 4.79 Å². The Morgan fingerprint density at radius 2 is 2.40 bits per heavy atom. The molecule has 0 aromatic carbocycles. The lowest BCUT2D eigenvalue weighted by molar-refractivity contribution is -0.142. The summed E-state index contributed by atoms with van der Waals surface area (Å²) in [6.07, 6.45) is 0.828. The van der Waals surface area contributed by atoms with Crippen LogP contribution in [0.2, 0.25) is 0 Å². The normalized spacial score (nSPS) is 12.4. The number of nitrogen functional groups attached to an aromatic ring is 1. The summed E-state index contributed by atoms with van der Waals surface area (Å²) < 4.78 is 5.69. The first-order valence-corrected chi connectivity index (χ1v) is 6.25. The predicted octanol–water partition coefficient (Wildman–Crippen LogP) is 1.55. The maximum Gasteiger partial charge on any atom is 0.319 e. The molecule has 1 atom stereocenters. The van der Waals surface area contributed by atoms with Crippen LogP contribution >= 0.6 is 23.1 Å². The molecule has 1 heterocycles. The molecule has 0 aliphatic rings. The second kappa shape index (κ2) is 5.92. The minimum atomic E-state index is -0.274. The Balaban J connectivity index is 2.41. The first-order chi connectivity index (χ1) is 7.13. The van der Waals surface area contributed by atoms with E-state index in [0.717, 1.165) is 6.42 Å². The number of nitrogens with zero attached hydrogens (tertiary/aromatic N) is 2. The summed E-state index contributed by atoms with van der Waals surface area (Å²) in [6, 6.07) is 0. The highest BCUT2D eigenvalue weighted by atomic mass is 32.2. The van der Waals surface area contributed by atoms with Gasteiger partial charge in [-0.15, -0.1) is 10.2 Å². The van der Waals surface area contributed by atoms with Crippen molar-refractivity contribution >= 4 is 34.2 Å². The van der Waals surface area contributed by atoms with Gasteiger partial charge in [-0.25, -0.2) is 0 Å². The summed E-state index contributed by atoms with van der Waals surface area (Å²) in [6.45, 7) is 4.19. The average molecular weight is 247 g/mol. The van der Waals surface area contributed by atoms with Crippen LogP contribution in [0.15, 0.2) is 4.34 Å². The molecule has 1 aromatic heterocycles. The molecular formula is C8H13N3O2S2. The van der Waals surface area contributed by atoms with Crippen LogP contribution in [0, 0.1) is 0 Å². The Morgan fingerprint density at radius 1 is 1.67 bits per heavy atom. The fourth-order valence-corrected chi connectivity index (χ4v) is 2.57. The molecule has 1 rings (SSSR count). The molecule has 0 bridgehead atoms. The van der Waals surface area contributed by atoms with Gasteiger partial charge in [0.05, 0.1) is 6.61 Å². The van der Waals surface area contributed by atoms with E-state index >= 15 is 0 Å². The molecule has 7 heteroatoms. The summed E-state index contributed by atoms with van der Waals surface area (Å²) in [5.41, 5.74) is 5.43. The number of esters is 1. The third-order valence-electron chi connectivity index (χ3n) is 1.48. The van der Waals surface area contributed by atoms with Gasteiger partial charge in [0.2, 0.25) is 5.13 Å². The number of anilines is 1. The largest absolute Gasteiger partial charge is 0.465 e. The highest BCUT2D eigenvalue weighted by molar-refractivity contribution is 8.02. The number of nitrogens with two attached hydrogens (primary N) is 1. The number of rotatable bonds is 5. The molecule has 0 fully saturated rings. The smallest absolute Gasteiger partial charge is 0.319 e. The van der Waals surface area contributed by atoms with E-state index in [1.54, 1.807) is 6.92 Å². The van der Waals surface area contributed by atoms with Crippen molar-refractivity contribution in [2.45, 2.75) is 29.9 Å². The van der Waals surface area contributed by atoms with Gasteiger partial charge in [-0.1, -0.05) is 30.0 Å². The third kappa shape index (κ3) is 4.05. The molecule has 1 aromatic rings. The second-order valence-electron chi connectivity index (χ2n) is 2.83. The van der Waals surface area contributed by atoms with Crippen LogP contribution < -0.4 is 5.73 Å². The standard InChI is InChI=1S/C8H13N3O2S2/c1-3-4-13-6(12)5(2)14-8-11-10-7(9)15-8/h5H,3-4H2,1-2H3,(H2,9,10)/t5-/m1/s1. The predicted molar refractivity (Wildman–Crippen MR) is 60.9 cm³/mol. The molecule has 15 heavy (non-hydrogen) atoms. The van der Waals surface area contributed by atoms with Gasteiger partial charge in [-0.3, -0.25) is 4.79 Å². The zero-order chi connectivity index (χ0) is 11.3. The Bertz CT molecular complexity index is 329. The van der Waals surface area contributed by atoms with E-state index in [1.165, 1.54) is 23.1 Å². The maximum atomic E-state index is 11.4. The van der Waals surface area contributed by atoms with Crippen molar-refractivity contribution in [3.8, 4) is 0 Å². The van der Waals surface area contributed by atoms with Gasteiger partial charge >= 0.3 is 5.97 Å². The van der Waals surface area contributed by atoms with Gasteiger partial charge in [0, 0.05) is 0 Å². The Morgan fingerprint density at radius 3 is 2.93 bits per heavy atom. The maximum absolute atomic E-state index is 11.4. The van der Waals surface area contributed by atoms with Crippen LogP contribution in [0.4, 0.5) is 5.13 Å². The summed E-state index contributed by atoms with van der Waals surface area (Å²) in [5.74, 6) is -0.226. The van der Waals surface area contributed by atoms with Gasteiger partial charge < -0.3 is 10.5 Å². The van der Waals surface area contributed by atoms with Crippen molar-refractivity contribution in [1.82, 2.24) is 10.2 Å². The van der Waals surface area contributed by atoms with Gasteiger partial charge in [-0.2, -0.15) is 0 Å². The summed E-state index contributed by atoms with van der Waals surface area (Å²) in [4.78, 5) is 11.4. The first kappa shape index (κ1) is 12.3. The van der Waals surface area contributed by atoms with E-state index in [4.69, 9.17) is 10.5 Å². The molecule has 0 unspecified atom stereocenters. The van der Waals surface area contributed by atoms with Crippen molar-refractivity contribution in [1.29, 1.82) is 0 Å². The van der Waals surface area contributed by atoms with Gasteiger partial charge in [0.25, 0.3) is 0 Å². The minimum Gasteiger partial charge on any atom is -0.465 e. The third-order valence-corrected chi connectivity index (χ3v) is 3.40. The highest BCUT2D eigenvalue weighted by Gasteiger charge is 2.17. The van der Waals surface area contributed by atoms with Crippen LogP contribution in [0.25, 0.3) is 0 Å². The number of ether oxygens (including phenoxy) is 1. The van der Waals surface area contributed by atoms with E-state index in [0.29, 0.717) is 16.1 Å². The molecular weight excluding hydrogens is 234 g/mol. The summed E-state index contributed by atoms with van der Waals surface area (Å²) in [5, 5.41) is 7.62. The van der Waals surface area contributed by atoms with E-state index < -0.39 is 0 Å². The van der Waals surface area contributed by atoms with Crippen molar-refractivity contribution < 1.29 is 9.53 Å². The minimum absolute atomic E-state index is 0.226. The quantitative estimate of drug-likeness (QED) is 0.628. The molecule has 5 nitrogen and oxygen atoms in total. The topological polar surface area (TPSA) is 78.1 Å². The molecule has 0 aliphatic heterocycles. The van der Waals surface area contributed by atoms with Crippen LogP contribution in [-0.2, 0) is 9.53 Å². The van der Waals surface area contributed by atoms with Crippen molar-refractivity contribution in [2.75, 3.05) is 12.3 Å². The molecule has 2 N–H and O–H groups in total. The Hall–Kier alpha value is -0.820. The molecule has 0 spiro atoms. The fourth-order valence-electron chi connectivity index (χ4n) is 0.787. The lowest BCUT2D eigenvalue weighted by Crippen LogP contribution is -2.17. The molecule has 84 valence electrons. The molecule has 0 radical (unpaired) electrons. The second-order valence-corrected chi connectivity index (χ2v) is 5.43. The number of hydrogen-bond donors (Lipinski definition) is 1. The van der Waals surface area contributed by atoms with E-state index in [2.05, 4.69) is 10.2 Å². The molecule has 0 saturated carbocycles. The fraction of sp³-hybridized carbons (Fsp3) is 0.625. The van der Waals surface area contributed by atoms with Crippen LogP contribution in [-0.4, -0.2) is 28.0 Å². The van der Waals surface area contributed by atoms with Crippen LogP contribution in [0.3, 0.4) is 0 Å². The average Bonchev–Trinajstić information content (AvgIpc) is 2.60. The highest BCUT2D eigenvalue weighted by Crippen LogP contribution is 2.27. The van der Waals surface area contributed by atoms with Gasteiger partial charge in [0.15, 0.2) is 4.34 Å². The zero-order valence-electron chi connectivity index (χ0n) is 8.60. The number of thioether (sulfide) groups is 1. The van der Waals surface area contributed by atoms with Crippen LogP contribution in [0.1, 0.15) is 20.3 Å². The Kier molecular flexibility index (Phi) is 4.83. The number of hydrogen-bond acceptors (Lipinski definition) is 7.